The highest BCUT2D eigenvalue weighted by molar-refractivity contribution is 9.10. The highest BCUT2D eigenvalue weighted by Crippen LogP contribution is 2.32. The second-order valence-corrected chi connectivity index (χ2v) is 7.37. The van der Waals surface area contributed by atoms with Gasteiger partial charge in [0, 0.05) is 43.1 Å². The largest absolute Gasteiger partial charge is 0.382 e. The van der Waals surface area contributed by atoms with E-state index in [1.165, 1.54) is 10.6 Å². The lowest BCUT2D eigenvalue weighted by Crippen LogP contribution is -2.22. The van der Waals surface area contributed by atoms with E-state index in [1.54, 1.807) is 51.1 Å². The van der Waals surface area contributed by atoms with E-state index in [2.05, 4.69) is 20.9 Å². The number of nitrogens with zero attached hydrogens (tertiary/aromatic N) is 3. The van der Waals surface area contributed by atoms with E-state index in [-0.39, 0.29) is 11.6 Å². The Morgan fingerprint density at radius 3 is 2.48 bits per heavy atom. The summed E-state index contributed by atoms with van der Waals surface area (Å²) in [5, 5.41) is 0. The molecule has 2 heterocycles. The highest BCUT2D eigenvalue weighted by Gasteiger charge is 2.24. The third-order valence-electron chi connectivity index (χ3n) is 4.41. The first-order valence-electron chi connectivity index (χ1n) is 8.39. The normalized spacial score (nSPS) is 11.7. The number of imidazole rings is 1. The molecular weight excluding hydrogens is 417 g/mol. The summed E-state index contributed by atoms with van der Waals surface area (Å²) < 4.78 is 29.4. The van der Waals surface area contributed by atoms with Gasteiger partial charge in [0.1, 0.15) is 17.2 Å². The number of aromatic nitrogens is 3. The Morgan fingerprint density at radius 1 is 1.22 bits per heavy atom. The molecule has 0 radical (unpaired) electrons. The predicted molar refractivity (Wildman–Crippen MR) is 106 cm³/mol. The van der Waals surface area contributed by atoms with Gasteiger partial charge in [0.2, 0.25) is 0 Å². The number of methoxy groups -OCH3 is 2. The Bertz CT molecular complexity index is 1010. The average Bonchev–Trinajstić information content (AvgIpc) is 2.98. The molecule has 0 unspecified atom stereocenters. The molecular formula is C19H21BrFN3O3. The first-order chi connectivity index (χ1) is 12.9. The first kappa shape index (κ1) is 19.7. The minimum atomic E-state index is -0.392. The highest BCUT2D eigenvalue weighted by atomic mass is 79.9. The van der Waals surface area contributed by atoms with Gasteiger partial charge in [-0.3, -0.25) is 4.79 Å². The lowest BCUT2D eigenvalue weighted by atomic mass is 10.2. The van der Waals surface area contributed by atoms with Gasteiger partial charge in [0.05, 0.1) is 24.8 Å². The number of pyridine rings is 1. The fourth-order valence-corrected chi connectivity index (χ4v) is 3.71. The molecule has 0 aliphatic heterocycles. The molecule has 0 fully saturated rings. The van der Waals surface area contributed by atoms with Crippen LogP contribution in [0.25, 0.3) is 22.4 Å². The molecule has 0 bridgehead atoms. The number of hydrogen-bond donors (Lipinski definition) is 0. The smallest absolute Gasteiger partial charge is 0.253 e. The van der Waals surface area contributed by atoms with Crippen LogP contribution in [0.2, 0.25) is 0 Å². The van der Waals surface area contributed by atoms with Crippen molar-refractivity contribution in [3.05, 3.63) is 50.6 Å². The maximum Gasteiger partial charge on any atom is 0.253 e. The van der Waals surface area contributed by atoms with E-state index in [1.807, 2.05) is 0 Å². The van der Waals surface area contributed by atoms with Gasteiger partial charge in [0.25, 0.3) is 5.56 Å². The maximum atomic E-state index is 14.9. The Morgan fingerprint density at radius 2 is 1.89 bits per heavy atom. The standard InChI is InChI=1S/C19H21BrFN3O3/c1-11-5-12(8-23(2)19(11)25)18-22-16-7-13(20)6-15(21)17(16)24(18)14(9-26-3)10-27-4/h5-8,14H,9-10H2,1-4H3. The fourth-order valence-electron chi connectivity index (χ4n) is 3.29. The zero-order valence-corrected chi connectivity index (χ0v) is 17.2. The molecule has 1 aromatic carbocycles. The van der Waals surface area contributed by atoms with Crippen LogP contribution in [-0.2, 0) is 16.5 Å². The van der Waals surface area contributed by atoms with Gasteiger partial charge in [-0.2, -0.15) is 0 Å². The Balaban J connectivity index is 2.36. The molecule has 3 rings (SSSR count). The van der Waals surface area contributed by atoms with Crippen molar-refractivity contribution >= 4 is 27.0 Å². The summed E-state index contributed by atoms with van der Waals surface area (Å²) in [6, 6.07) is 4.66. The van der Waals surface area contributed by atoms with Gasteiger partial charge in [-0.15, -0.1) is 0 Å². The molecule has 0 spiro atoms. The van der Waals surface area contributed by atoms with E-state index in [0.717, 1.165) is 5.56 Å². The number of halogens is 2. The van der Waals surface area contributed by atoms with Gasteiger partial charge < -0.3 is 18.6 Å². The van der Waals surface area contributed by atoms with Crippen LogP contribution in [0.3, 0.4) is 0 Å². The fraction of sp³-hybridized carbons (Fsp3) is 0.368. The van der Waals surface area contributed by atoms with Crippen LogP contribution in [0.1, 0.15) is 11.6 Å². The van der Waals surface area contributed by atoms with Crippen molar-refractivity contribution in [3.63, 3.8) is 0 Å². The number of ether oxygens (including phenoxy) is 2. The summed E-state index contributed by atoms with van der Waals surface area (Å²) in [4.78, 5) is 16.7. The summed E-state index contributed by atoms with van der Waals surface area (Å²) >= 11 is 3.32. The molecule has 3 aromatic rings. The van der Waals surface area contributed by atoms with E-state index in [0.29, 0.717) is 40.1 Å². The van der Waals surface area contributed by atoms with Crippen LogP contribution in [0, 0.1) is 12.7 Å². The molecule has 0 aliphatic rings. The van der Waals surface area contributed by atoms with Gasteiger partial charge in [-0.1, -0.05) is 15.9 Å². The summed E-state index contributed by atoms with van der Waals surface area (Å²) in [5.74, 6) is 0.164. The number of hydrogen-bond acceptors (Lipinski definition) is 4. The molecule has 6 nitrogen and oxygen atoms in total. The molecule has 2 aromatic heterocycles. The quantitative estimate of drug-likeness (QED) is 0.592. The molecule has 0 atom stereocenters. The lowest BCUT2D eigenvalue weighted by molar-refractivity contribution is 0.0916. The third-order valence-corrected chi connectivity index (χ3v) is 4.87. The summed E-state index contributed by atoms with van der Waals surface area (Å²) in [6.07, 6.45) is 1.71. The molecule has 0 saturated carbocycles. The average molecular weight is 438 g/mol. The topological polar surface area (TPSA) is 58.3 Å². The number of benzene rings is 1. The Hall–Kier alpha value is -2.03. The Labute approximate surface area is 164 Å². The van der Waals surface area contributed by atoms with Crippen LogP contribution in [0.5, 0.6) is 0 Å². The minimum absolute atomic E-state index is 0.0827. The number of aryl methyl sites for hydroxylation is 2. The van der Waals surface area contributed by atoms with Crippen LogP contribution in [-0.4, -0.2) is 41.6 Å². The SMILES string of the molecule is COCC(COC)n1c(-c2cc(C)c(=O)n(C)c2)nc2cc(Br)cc(F)c21. The monoisotopic (exact) mass is 437 g/mol. The van der Waals surface area contributed by atoms with Gasteiger partial charge in [0.15, 0.2) is 0 Å². The van der Waals surface area contributed by atoms with Crippen LogP contribution in [0.4, 0.5) is 4.39 Å². The van der Waals surface area contributed by atoms with Crippen LogP contribution >= 0.6 is 15.9 Å². The second-order valence-electron chi connectivity index (χ2n) is 6.45. The molecule has 0 saturated heterocycles. The molecule has 0 N–H and O–H groups in total. The lowest BCUT2D eigenvalue weighted by Gasteiger charge is -2.21. The maximum absolute atomic E-state index is 14.9. The summed E-state index contributed by atoms with van der Waals surface area (Å²) in [5.41, 5.74) is 2.11. The van der Waals surface area contributed by atoms with Crippen molar-refractivity contribution in [3.8, 4) is 11.4 Å². The molecule has 0 amide bonds. The number of rotatable bonds is 6. The van der Waals surface area contributed by atoms with E-state index >= 15 is 0 Å². The van der Waals surface area contributed by atoms with Gasteiger partial charge in [-0.05, 0) is 25.1 Å². The van der Waals surface area contributed by atoms with Crippen molar-refractivity contribution < 1.29 is 13.9 Å². The summed E-state index contributed by atoms with van der Waals surface area (Å²) in [6.45, 7) is 2.40. The minimum Gasteiger partial charge on any atom is -0.382 e. The predicted octanol–water partition coefficient (Wildman–Crippen LogP) is 3.45. The van der Waals surface area contributed by atoms with Crippen molar-refractivity contribution in [2.75, 3.05) is 27.4 Å². The number of fused-ring (bicyclic) bond motifs is 1. The van der Waals surface area contributed by atoms with E-state index in [4.69, 9.17) is 9.47 Å². The zero-order valence-electron chi connectivity index (χ0n) is 15.6. The molecule has 27 heavy (non-hydrogen) atoms. The van der Waals surface area contributed by atoms with Crippen molar-refractivity contribution in [1.29, 1.82) is 0 Å². The first-order valence-corrected chi connectivity index (χ1v) is 9.19. The molecule has 0 aliphatic carbocycles. The summed E-state index contributed by atoms with van der Waals surface area (Å²) in [7, 11) is 4.86. The van der Waals surface area contributed by atoms with Gasteiger partial charge in [-0.25, -0.2) is 9.37 Å². The Kier molecular flexibility index (Phi) is 5.78. The van der Waals surface area contributed by atoms with E-state index < -0.39 is 5.82 Å². The molecule has 144 valence electrons. The van der Waals surface area contributed by atoms with E-state index in [9.17, 15) is 9.18 Å². The third kappa shape index (κ3) is 3.69. The van der Waals surface area contributed by atoms with Crippen molar-refractivity contribution in [2.24, 2.45) is 7.05 Å². The van der Waals surface area contributed by atoms with Crippen LogP contribution < -0.4 is 5.56 Å². The second kappa shape index (κ2) is 7.92. The van der Waals surface area contributed by atoms with Crippen molar-refractivity contribution in [2.45, 2.75) is 13.0 Å². The zero-order chi connectivity index (χ0) is 19.7. The van der Waals surface area contributed by atoms with Crippen molar-refractivity contribution in [1.82, 2.24) is 14.1 Å². The van der Waals surface area contributed by atoms with Gasteiger partial charge >= 0.3 is 0 Å². The molecule has 8 heteroatoms. The van der Waals surface area contributed by atoms with Crippen LogP contribution in [0.15, 0.2) is 33.7 Å².